The summed E-state index contributed by atoms with van der Waals surface area (Å²) in [6.07, 6.45) is 2.77. The third-order valence-electron chi connectivity index (χ3n) is 5.00. The molecular weight excluding hydrogens is 388 g/mol. The average molecular weight is 410 g/mol. The van der Waals surface area contributed by atoms with Gasteiger partial charge in [-0.15, -0.1) is 0 Å². The zero-order chi connectivity index (χ0) is 20.4. The van der Waals surface area contributed by atoms with Crippen LogP contribution in [-0.4, -0.2) is 43.8 Å². The Kier molecular flexibility index (Phi) is 5.49. The summed E-state index contributed by atoms with van der Waals surface area (Å²) in [4.78, 5) is 19.6. The first kappa shape index (κ1) is 19.4. The number of amides is 1. The van der Waals surface area contributed by atoms with Crippen LogP contribution in [0.3, 0.4) is 0 Å². The molecule has 0 aromatic heterocycles. The van der Waals surface area contributed by atoms with Crippen molar-refractivity contribution >= 4 is 28.9 Å². The summed E-state index contributed by atoms with van der Waals surface area (Å²) in [5.41, 5.74) is 3.44. The minimum Gasteiger partial charge on any atom is -0.493 e. The van der Waals surface area contributed by atoms with Crippen molar-refractivity contribution < 1.29 is 19.0 Å². The lowest BCUT2D eigenvalue weighted by molar-refractivity contribution is -0.113. The first-order valence-corrected chi connectivity index (χ1v) is 10.1. The van der Waals surface area contributed by atoms with Crippen molar-refractivity contribution in [2.75, 3.05) is 27.9 Å². The van der Waals surface area contributed by atoms with Crippen LogP contribution in [0.4, 0.5) is 0 Å². The Hall–Kier alpha value is -2.93. The number of carbonyl (C=O) groups excluding carboxylic acids is 1. The summed E-state index contributed by atoms with van der Waals surface area (Å²) in [6, 6.07) is 12.0. The van der Waals surface area contributed by atoms with Crippen LogP contribution >= 0.6 is 11.8 Å². The molecule has 4 rings (SSSR count). The summed E-state index contributed by atoms with van der Waals surface area (Å²) < 4.78 is 16.2. The second-order valence-corrected chi connectivity index (χ2v) is 7.72. The van der Waals surface area contributed by atoms with E-state index in [-0.39, 0.29) is 5.91 Å². The van der Waals surface area contributed by atoms with Crippen molar-refractivity contribution in [3.63, 3.8) is 0 Å². The Morgan fingerprint density at radius 1 is 1.03 bits per heavy atom. The van der Waals surface area contributed by atoms with Crippen molar-refractivity contribution in [3.8, 4) is 17.2 Å². The monoisotopic (exact) mass is 410 g/mol. The maximum absolute atomic E-state index is 12.5. The van der Waals surface area contributed by atoms with Gasteiger partial charge in [-0.25, -0.2) is 0 Å². The van der Waals surface area contributed by atoms with E-state index in [0.717, 1.165) is 30.2 Å². The number of methoxy groups -OCH3 is 3. The molecule has 0 fully saturated rings. The number of hydrogen-bond donors (Lipinski definition) is 0. The Bertz CT molecular complexity index is 991. The van der Waals surface area contributed by atoms with E-state index in [0.29, 0.717) is 22.2 Å². The number of fused-ring (bicyclic) bond motifs is 1. The summed E-state index contributed by atoms with van der Waals surface area (Å²) in [7, 11) is 4.70. The van der Waals surface area contributed by atoms with Gasteiger partial charge in [0.25, 0.3) is 5.91 Å². The van der Waals surface area contributed by atoms with Gasteiger partial charge in [-0.1, -0.05) is 24.3 Å². The zero-order valence-corrected chi connectivity index (χ0v) is 17.4. The molecule has 0 atom stereocenters. The number of hydrogen-bond acceptors (Lipinski definition) is 6. The first-order chi connectivity index (χ1) is 14.1. The van der Waals surface area contributed by atoms with E-state index in [1.807, 2.05) is 24.3 Å². The van der Waals surface area contributed by atoms with E-state index >= 15 is 0 Å². The number of amidine groups is 1. The Labute approximate surface area is 174 Å². The minimum atomic E-state index is -0.224. The number of rotatable bonds is 4. The second kappa shape index (κ2) is 8.21. The summed E-state index contributed by atoms with van der Waals surface area (Å²) in [6.45, 7) is 1.63. The molecule has 2 aliphatic rings. The predicted molar refractivity (Wildman–Crippen MR) is 115 cm³/mol. The van der Waals surface area contributed by atoms with Crippen molar-refractivity contribution in [3.05, 3.63) is 58.0 Å². The summed E-state index contributed by atoms with van der Waals surface area (Å²) >= 11 is 1.41. The summed E-state index contributed by atoms with van der Waals surface area (Å²) in [5, 5.41) is 0.753. The molecule has 2 aromatic rings. The quantitative estimate of drug-likeness (QED) is 0.716. The van der Waals surface area contributed by atoms with E-state index in [1.165, 1.54) is 22.9 Å². The lowest BCUT2D eigenvalue weighted by Crippen LogP contribution is -2.33. The molecule has 29 heavy (non-hydrogen) atoms. The van der Waals surface area contributed by atoms with E-state index in [9.17, 15) is 4.79 Å². The molecular formula is C22H22N2O4S. The Morgan fingerprint density at radius 3 is 2.38 bits per heavy atom. The number of benzene rings is 2. The number of carbonyl (C=O) groups is 1. The Balaban J connectivity index is 1.56. The van der Waals surface area contributed by atoms with Crippen LogP contribution in [0.15, 0.2) is 46.3 Å². The van der Waals surface area contributed by atoms with Crippen LogP contribution < -0.4 is 14.2 Å². The standard InChI is InChI=1S/C22H22N2O4S/c1-26-17-10-14(11-18(27-2)20(17)28-3)12-19-21(25)23-22(29-19)24-9-8-15-6-4-5-7-16(15)13-24/h4-7,10-12H,8-9,13H2,1-3H3. The van der Waals surface area contributed by atoms with E-state index in [1.54, 1.807) is 21.3 Å². The smallest absolute Gasteiger partial charge is 0.286 e. The lowest BCUT2D eigenvalue weighted by Gasteiger charge is -2.29. The molecule has 150 valence electrons. The molecule has 7 heteroatoms. The molecule has 0 saturated carbocycles. The SMILES string of the molecule is COc1cc(C=C2SC(N3CCc4ccccc4C3)=NC2=O)cc(OC)c1OC. The maximum Gasteiger partial charge on any atom is 0.286 e. The highest BCUT2D eigenvalue weighted by Crippen LogP contribution is 2.40. The van der Waals surface area contributed by atoms with Gasteiger partial charge >= 0.3 is 0 Å². The normalized spacial score (nSPS) is 17.2. The third-order valence-corrected chi connectivity index (χ3v) is 6.04. The van der Waals surface area contributed by atoms with E-state index in [4.69, 9.17) is 14.2 Å². The molecule has 0 unspecified atom stereocenters. The molecule has 2 aliphatic heterocycles. The molecule has 2 aromatic carbocycles. The Morgan fingerprint density at radius 2 is 1.72 bits per heavy atom. The fourth-order valence-corrected chi connectivity index (χ4v) is 4.47. The number of thioether (sulfide) groups is 1. The van der Waals surface area contributed by atoms with Crippen LogP contribution in [-0.2, 0) is 17.8 Å². The van der Waals surface area contributed by atoms with Gasteiger partial charge in [0, 0.05) is 13.1 Å². The molecule has 0 N–H and O–H groups in total. The van der Waals surface area contributed by atoms with Crippen molar-refractivity contribution in [2.24, 2.45) is 4.99 Å². The van der Waals surface area contributed by atoms with Crippen LogP contribution in [0.5, 0.6) is 17.2 Å². The van der Waals surface area contributed by atoms with Crippen LogP contribution in [0, 0.1) is 0 Å². The van der Waals surface area contributed by atoms with Crippen molar-refractivity contribution in [2.45, 2.75) is 13.0 Å². The fraction of sp³-hybridized carbons (Fsp3) is 0.273. The molecule has 2 heterocycles. The topological polar surface area (TPSA) is 60.4 Å². The van der Waals surface area contributed by atoms with Crippen LogP contribution in [0.2, 0.25) is 0 Å². The van der Waals surface area contributed by atoms with E-state index in [2.05, 4.69) is 28.1 Å². The molecule has 1 amide bonds. The number of nitrogens with zero attached hydrogens (tertiary/aromatic N) is 2. The average Bonchev–Trinajstić information content (AvgIpc) is 3.12. The predicted octanol–water partition coefficient (Wildman–Crippen LogP) is 3.74. The van der Waals surface area contributed by atoms with Gasteiger partial charge in [-0.05, 0) is 53.1 Å². The second-order valence-electron chi connectivity index (χ2n) is 6.71. The van der Waals surface area contributed by atoms with Gasteiger partial charge in [0.2, 0.25) is 5.75 Å². The molecule has 0 spiro atoms. The fourth-order valence-electron chi connectivity index (χ4n) is 3.53. The molecule has 6 nitrogen and oxygen atoms in total. The minimum absolute atomic E-state index is 0.224. The van der Waals surface area contributed by atoms with Gasteiger partial charge in [0.1, 0.15) is 0 Å². The zero-order valence-electron chi connectivity index (χ0n) is 16.6. The van der Waals surface area contributed by atoms with Gasteiger partial charge < -0.3 is 19.1 Å². The molecule has 0 saturated heterocycles. The number of ether oxygens (including phenoxy) is 3. The first-order valence-electron chi connectivity index (χ1n) is 9.27. The molecule has 0 radical (unpaired) electrons. The van der Waals surface area contributed by atoms with Gasteiger partial charge in [-0.2, -0.15) is 4.99 Å². The van der Waals surface area contributed by atoms with Crippen molar-refractivity contribution in [1.29, 1.82) is 0 Å². The molecule has 0 aliphatic carbocycles. The van der Waals surface area contributed by atoms with Crippen molar-refractivity contribution in [1.82, 2.24) is 4.90 Å². The van der Waals surface area contributed by atoms with Crippen LogP contribution in [0.1, 0.15) is 16.7 Å². The maximum atomic E-state index is 12.5. The highest BCUT2D eigenvalue weighted by molar-refractivity contribution is 8.18. The largest absolute Gasteiger partial charge is 0.493 e. The highest BCUT2D eigenvalue weighted by atomic mass is 32.2. The third kappa shape index (κ3) is 3.82. The number of aliphatic imine (C=N–C) groups is 1. The van der Waals surface area contributed by atoms with Gasteiger partial charge in [0.15, 0.2) is 16.7 Å². The van der Waals surface area contributed by atoms with Gasteiger partial charge in [0.05, 0.1) is 26.2 Å². The highest BCUT2D eigenvalue weighted by Gasteiger charge is 2.28. The van der Waals surface area contributed by atoms with E-state index < -0.39 is 0 Å². The van der Waals surface area contributed by atoms with Gasteiger partial charge in [-0.3, -0.25) is 4.79 Å². The van der Waals surface area contributed by atoms with Crippen LogP contribution in [0.25, 0.3) is 6.08 Å². The lowest BCUT2D eigenvalue weighted by atomic mass is 10.0. The molecule has 0 bridgehead atoms. The summed E-state index contributed by atoms with van der Waals surface area (Å²) in [5.74, 6) is 1.38.